The molecule has 0 saturated carbocycles. The van der Waals surface area contributed by atoms with E-state index in [9.17, 15) is 14.4 Å². The summed E-state index contributed by atoms with van der Waals surface area (Å²) in [6, 6.07) is -0.743. The first-order valence-corrected chi connectivity index (χ1v) is 8.00. The number of hydrogen-bond acceptors (Lipinski definition) is 6. The van der Waals surface area contributed by atoms with E-state index in [1.54, 1.807) is 6.08 Å². The molecule has 2 N–H and O–H groups in total. The molecule has 2 amide bonds. The topological polar surface area (TPSA) is 97.4 Å². The van der Waals surface area contributed by atoms with Crippen molar-refractivity contribution in [3.63, 3.8) is 0 Å². The van der Waals surface area contributed by atoms with Crippen LogP contribution in [0, 0.1) is 5.92 Å². The number of hydrogen-bond donors (Lipinski definition) is 2. The number of carbonyl (C=O) groups is 3. The SMILES string of the molecule is C=CCNC(=O)c1nc(C(=O)N[C@@H](CC(C)C)C(=O)OC)cs1. The Labute approximate surface area is 139 Å². The van der Waals surface area contributed by atoms with Gasteiger partial charge in [0, 0.05) is 11.9 Å². The molecule has 0 radical (unpaired) electrons. The second kappa shape index (κ2) is 9.04. The molecule has 0 unspecified atom stereocenters. The van der Waals surface area contributed by atoms with Crippen molar-refractivity contribution in [1.82, 2.24) is 15.6 Å². The summed E-state index contributed by atoms with van der Waals surface area (Å²) < 4.78 is 4.69. The van der Waals surface area contributed by atoms with E-state index in [0.29, 0.717) is 13.0 Å². The van der Waals surface area contributed by atoms with Crippen LogP contribution < -0.4 is 10.6 Å². The van der Waals surface area contributed by atoms with Crippen molar-refractivity contribution in [2.75, 3.05) is 13.7 Å². The van der Waals surface area contributed by atoms with Crippen molar-refractivity contribution in [2.45, 2.75) is 26.3 Å². The van der Waals surface area contributed by atoms with E-state index < -0.39 is 17.9 Å². The number of thiazole rings is 1. The Morgan fingerprint density at radius 3 is 2.65 bits per heavy atom. The number of amides is 2. The number of methoxy groups -OCH3 is 1. The van der Waals surface area contributed by atoms with Gasteiger partial charge in [-0.25, -0.2) is 9.78 Å². The maximum atomic E-state index is 12.2. The molecule has 1 atom stereocenters. The average Bonchev–Trinajstić information content (AvgIpc) is 3.00. The number of aromatic nitrogens is 1. The predicted molar refractivity (Wildman–Crippen MR) is 87.4 cm³/mol. The molecule has 0 spiro atoms. The molecule has 0 aliphatic carbocycles. The maximum absolute atomic E-state index is 12.2. The lowest BCUT2D eigenvalue weighted by molar-refractivity contribution is -0.143. The van der Waals surface area contributed by atoms with Crippen LogP contribution in [0.15, 0.2) is 18.0 Å². The second-order valence-electron chi connectivity index (χ2n) is 5.22. The van der Waals surface area contributed by atoms with Gasteiger partial charge in [0.05, 0.1) is 7.11 Å². The van der Waals surface area contributed by atoms with E-state index in [2.05, 4.69) is 22.2 Å². The standard InChI is InChI=1S/C15H21N3O4S/c1-5-6-16-13(20)14-18-11(8-23-14)12(19)17-10(7-9(2)3)15(21)22-4/h5,8-10H,1,6-7H2,2-4H3,(H,16,20)(H,17,19)/t10-/m0/s1. The second-order valence-corrected chi connectivity index (χ2v) is 6.07. The van der Waals surface area contributed by atoms with Crippen molar-refractivity contribution in [3.05, 3.63) is 28.7 Å². The average molecular weight is 339 g/mol. The van der Waals surface area contributed by atoms with E-state index >= 15 is 0 Å². The van der Waals surface area contributed by atoms with Gasteiger partial charge in [-0.3, -0.25) is 9.59 Å². The summed E-state index contributed by atoms with van der Waals surface area (Å²) >= 11 is 1.06. The van der Waals surface area contributed by atoms with E-state index in [1.165, 1.54) is 12.5 Å². The zero-order chi connectivity index (χ0) is 17.4. The van der Waals surface area contributed by atoms with Gasteiger partial charge in [0.1, 0.15) is 11.7 Å². The van der Waals surface area contributed by atoms with Gasteiger partial charge in [-0.05, 0) is 12.3 Å². The van der Waals surface area contributed by atoms with Crippen molar-refractivity contribution in [2.24, 2.45) is 5.92 Å². The zero-order valence-electron chi connectivity index (χ0n) is 13.4. The van der Waals surface area contributed by atoms with Gasteiger partial charge in [-0.2, -0.15) is 0 Å². The number of carbonyl (C=O) groups excluding carboxylic acids is 3. The quantitative estimate of drug-likeness (QED) is 0.551. The summed E-state index contributed by atoms with van der Waals surface area (Å²) in [4.78, 5) is 39.6. The van der Waals surface area contributed by atoms with Crippen LogP contribution in [-0.2, 0) is 9.53 Å². The highest BCUT2D eigenvalue weighted by molar-refractivity contribution is 7.11. The molecule has 0 aliphatic rings. The summed E-state index contributed by atoms with van der Waals surface area (Å²) in [5, 5.41) is 6.82. The highest BCUT2D eigenvalue weighted by atomic mass is 32.1. The fourth-order valence-corrected chi connectivity index (χ4v) is 2.50. The molecule has 0 bridgehead atoms. The predicted octanol–water partition coefficient (Wildman–Crippen LogP) is 1.38. The van der Waals surface area contributed by atoms with Crippen molar-refractivity contribution < 1.29 is 19.1 Å². The first kappa shape index (κ1) is 18.8. The molecule has 1 heterocycles. The van der Waals surface area contributed by atoms with Gasteiger partial charge >= 0.3 is 5.97 Å². The normalized spacial score (nSPS) is 11.7. The maximum Gasteiger partial charge on any atom is 0.328 e. The van der Waals surface area contributed by atoms with Crippen LogP contribution in [0.25, 0.3) is 0 Å². The summed E-state index contributed by atoms with van der Waals surface area (Å²) in [6.07, 6.45) is 2.00. The number of esters is 1. The van der Waals surface area contributed by atoms with Crippen molar-refractivity contribution in [3.8, 4) is 0 Å². The fraction of sp³-hybridized carbons (Fsp3) is 0.467. The minimum atomic E-state index is -0.743. The van der Waals surface area contributed by atoms with Gasteiger partial charge in [0.25, 0.3) is 11.8 Å². The van der Waals surface area contributed by atoms with Crippen LogP contribution >= 0.6 is 11.3 Å². The van der Waals surface area contributed by atoms with Gasteiger partial charge in [0.15, 0.2) is 5.01 Å². The van der Waals surface area contributed by atoms with Gasteiger partial charge < -0.3 is 15.4 Å². The third-order valence-corrected chi connectivity index (χ3v) is 3.68. The Hall–Kier alpha value is -2.22. The Morgan fingerprint density at radius 1 is 1.39 bits per heavy atom. The summed E-state index contributed by atoms with van der Waals surface area (Å²) in [5.41, 5.74) is 0.0939. The number of nitrogens with zero attached hydrogens (tertiary/aromatic N) is 1. The van der Waals surface area contributed by atoms with Crippen LogP contribution in [0.5, 0.6) is 0 Å². The van der Waals surface area contributed by atoms with Gasteiger partial charge in [-0.15, -0.1) is 17.9 Å². The largest absolute Gasteiger partial charge is 0.467 e. The van der Waals surface area contributed by atoms with Crippen LogP contribution in [-0.4, -0.2) is 42.5 Å². The van der Waals surface area contributed by atoms with E-state index in [4.69, 9.17) is 4.74 Å². The molecule has 1 aromatic rings. The molecule has 126 valence electrons. The number of rotatable bonds is 8. The van der Waals surface area contributed by atoms with Crippen LogP contribution in [0.1, 0.15) is 40.6 Å². The molecule has 0 fully saturated rings. The Morgan fingerprint density at radius 2 is 2.09 bits per heavy atom. The minimum Gasteiger partial charge on any atom is -0.467 e. The lowest BCUT2D eigenvalue weighted by Gasteiger charge is -2.17. The summed E-state index contributed by atoms with van der Waals surface area (Å²) in [6.45, 7) is 7.69. The first-order valence-electron chi connectivity index (χ1n) is 7.12. The first-order chi connectivity index (χ1) is 10.9. The number of nitrogens with one attached hydrogen (secondary N) is 2. The molecule has 0 aromatic carbocycles. The van der Waals surface area contributed by atoms with Crippen LogP contribution in [0.2, 0.25) is 0 Å². The molecule has 23 heavy (non-hydrogen) atoms. The van der Waals surface area contributed by atoms with Crippen molar-refractivity contribution >= 4 is 29.1 Å². The summed E-state index contributed by atoms with van der Waals surface area (Å²) in [7, 11) is 1.27. The molecular formula is C15H21N3O4S. The monoisotopic (exact) mass is 339 g/mol. The fourth-order valence-electron chi connectivity index (χ4n) is 1.78. The minimum absolute atomic E-state index is 0.0939. The highest BCUT2D eigenvalue weighted by Crippen LogP contribution is 2.11. The molecule has 0 saturated heterocycles. The Bertz CT molecular complexity index is 583. The zero-order valence-corrected chi connectivity index (χ0v) is 14.2. The third-order valence-electron chi connectivity index (χ3n) is 2.84. The number of ether oxygens (including phenoxy) is 1. The van der Waals surface area contributed by atoms with Crippen LogP contribution in [0.3, 0.4) is 0 Å². The third kappa shape index (κ3) is 5.82. The summed E-state index contributed by atoms with van der Waals surface area (Å²) in [5.74, 6) is -1.19. The van der Waals surface area contributed by atoms with E-state index in [-0.39, 0.29) is 22.5 Å². The van der Waals surface area contributed by atoms with E-state index in [1.807, 2.05) is 13.8 Å². The van der Waals surface area contributed by atoms with E-state index in [0.717, 1.165) is 11.3 Å². The lowest BCUT2D eigenvalue weighted by Crippen LogP contribution is -2.42. The molecule has 1 aromatic heterocycles. The van der Waals surface area contributed by atoms with Gasteiger partial charge in [0.2, 0.25) is 0 Å². The smallest absolute Gasteiger partial charge is 0.328 e. The van der Waals surface area contributed by atoms with Crippen molar-refractivity contribution in [1.29, 1.82) is 0 Å². The molecule has 7 nitrogen and oxygen atoms in total. The molecule has 0 aliphatic heterocycles. The molecular weight excluding hydrogens is 318 g/mol. The van der Waals surface area contributed by atoms with Crippen LogP contribution in [0.4, 0.5) is 0 Å². The molecule has 1 rings (SSSR count). The van der Waals surface area contributed by atoms with Gasteiger partial charge in [-0.1, -0.05) is 19.9 Å². The Balaban J connectivity index is 2.76. The highest BCUT2D eigenvalue weighted by Gasteiger charge is 2.24. The molecule has 8 heteroatoms. The lowest BCUT2D eigenvalue weighted by atomic mass is 10.0. The Kier molecular flexibility index (Phi) is 7.40.